The van der Waals surface area contributed by atoms with Gasteiger partial charge >= 0.3 is 0 Å². The van der Waals surface area contributed by atoms with Crippen LogP contribution in [0.15, 0.2) is 45.5 Å². The third kappa shape index (κ3) is 4.57. The Morgan fingerprint density at radius 3 is 2.71 bits per heavy atom. The molecule has 0 saturated carbocycles. The molecule has 2 N–H and O–H groups in total. The highest BCUT2D eigenvalue weighted by atomic mass is 79.9. The van der Waals surface area contributed by atoms with E-state index in [1.54, 1.807) is 37.3 Å². The Morgan fingerprint density at radius 2 is 2.04 bits per heavy atom. The molecule has 0 radical (unpaired) electrons. The van der Waals surface area contributed by atoms with Crippen molar-refractivity contribution in [1.82, 2.24) is 0 Å². The molecule has 28 heavy (non-hydrogen) atoms. The Labute approximate surface area is 179 Å². The first-order valence-electron chi connectivity index (χ1n) is 8.27. The van der Waals surface area contributed by atoms with E-state index < -0.39 is 0 Å². The lowest BCUT2D eigenvalue weighted by Crippen LogP contribution is -2.13. The number of benzene rings is 1. The van der Waals surface area contributed by atoms with Crippen LogP contribution in [0, 0.1) is 6.92 Å². The summed E-state index contributed by atoms with van der Waals surface area (Å²) in [4.78, 5) is 25.4. The maximum Gasteiger partial charge on any atom is 0.291 e. The van der Waals surface area contributed by atoms with E-state index in [1.807, 2.05) is 6.92 Å². The summed E-state index contributed by atoms with van der Waals surface area (Å²) < 4.78 is 11.3. The molecule has 2 heterocycles. The van der Waals surface area contributed by atoms with Gasteiger partial charge in [0.15, 0.2) is 11.5 Å². The Morgan fingerprint density at radius 1 is 1.25 bits per heavy atom. The van der Waals surface area contributed by atoms with E-state index in [-0.39, 0.29) is 17.6 Å². The summed E-state index contributed by atoms with van der Waals surface area (Å²) in [6, 6.07) is 8.25. The van der Waals surface area contributed by atoms with Crippen LogP contribution in [0.1, 0.15) is 32.7 Å². The fraction of sp³-hybridized carbons (Fsp3) is 0.158. The molecule has 0 spiro atoms. The molecule has 0 aliphatic heterocycles. The predicted molar refractivity (Wildman–Crippen MR) is 114 cm³/mol. The minimum Gasteiger partial charge on any atom is -0.491 e. The van der Waals surface area contributed by atoms with Crippen LogP contribution in [-0.2, 0) is 0 Å². The van der Waals surface area contributed by atoms with Crippen molar-refractivity contribution in [3.8, 4) is 5.75 Å². The van der Waals surface area contributed by atoms with Crippen LogP contribution < -0.4 is 15.4 Å². The molecule has 2 amide bonds. The van der Waals surface area contributed by atoms with Gasteiger partial charge in [-0.25, -0.2) is 0 Å². The average Bonchev–Trinajstić information content (AvgIpc) is 3.28. The summed E-state index contributed by atoms with van der Waals surface area (Å²) in [5, 5.41) is 6.56. The molecule has 146 valence electrons. The van der Waals surface area contributed by atoms with E-state index in [2.05, 4.69) is 26.6 Å². The highest BCUT2D eigenvalue weighted by Gasteiger charge is 2.19. The number of amides is 2. The topological polar surface area (TPSA) is 80.6 Å². The van der Waals surface area contributed by atoms with Crippen molar-refractivity contribution >= 4 is 61.4 Å². The second-order valence-electron chi connectivity index (χ2n) is 5.71. The van der Waals surface area contributed by atoms with Crippen LogP contribution >= 0.6 is 38.9 Å². The van der Waals surface area contributed by atoms with Crippen LogP contribution in [0.3, 0.4) is 0 Å². The molecular weight excluding hydrogens is 468 g/mol. The summed E-state index contributed by atoms with van der Waals surface area (Å²) in [7, 11) is 0. The Balaban J connectivity index is 1.80. The molecule has 9 heteroatoms. The van der Waals surface area contributed by atoms with Crippen molar-refractivity contribution in [3.63, 3.8) is 0 Å². The Bertz CT molecular complexity index is 1020. The first kappa shape index (κ1) is 20.4. The van der Waals surface area contributed by atoms with Gasteiger partial charge in [0, 0.05) is 5.02 Å². The SMILES string of the molecule is CCOc1c(Br)cc(Cl)cc1NC(=O)c1sc(NC(=O)c2ccco2)cc1C. The summed E-state index contributed by atoms with van der Waals surface area (Å²) in [5.74, 6) is -0.00489. The van der Waals surface area contributed by atoms with E-state index >= 15 is 0 Å². The number of hydrogen-bond acceptors (Lipinski definition) is 5. The van der Waals surface area contributed by atoms with E-state index in [0.29, 0.717) is 37.4 Å². The zero-order valence-corrected chi connectivity index (χ0v) is 18.1. The van der Waals surface area contributed by atoms with Crippen LogP contribution in [0.5, 0.6) is 5.75 Å². The highest BCUT2D eigenvalue weighted by molar-refractivity contribution is 9.10. The number of ether oxygens (including phenoxy) is 1. The minimum absolute atomic E-state index is 0.196. The maximum atomic E-state index is 12.8. The van der Waals surface area contributed by atoms with Crippen LogP contribution in [-0.4, -0.2) is 18.4 Å². The molecule has 0 aliphatic carbocycles. The number of aryl methyl sites for hydroxylation is 1. The lowest BCUT2D eigenvalue weighted by atomic mass is 10.2. The molecule has 0 bridgehead atoms. The largest absolute Gasteiger partial charge is 0.491 e. The van der Waals surface area contributed by atoms with Crippen LogP contribution in [0.4, 0.5) is 10.7 Å². The Hall–Kier alpha value is -2.29. The van der Waals surface area contributed by atoms with E-state index in [1.165, 1.54) is 17.6 Å². The molecule has 0 atom stereocenters. The van der Waals surface area contributed by atoms with E-state index in [9.17, 15) is 9.59 Å². The molecule has 0 unspecified atom stereocenters. The lowest BCUT2D eigenvalue weighted by molar-refractivity contribution is 0.0995. The van der Waals surface area contributed by atoms with Crippen molar-refractivity contribution < 1.29 is 18.7 Å². The molecule has 1 aromatic carbocycles. The van der Waals surface area contributed by atoms with Crippen molar-refractivity contribution in [1.29, 1.82) is 0 Å². The van der Waals surface area contributed by atoms with E-state index in [0.717, 1.165) is 5.56 Å². The molecule has 6 nitrogen and oxygen atoms in total. The fourth-order valence-corrected chi connectivity index (χ4v) is 4.36. The van der Waals surface area contributed by atoms with E-state index in [4.69, 9.17) is 20.8 Å². The smallest absolute Gasteiger partial charge is 0.291 e. The zero-order chi connectivity index (χ0) is 20.3. The lowest BCUT2D eigenvalue weighted by Gasteiger charge is -2.13. The quantitative estimate of drug-likeness (QED) is 0.453. The standard InChI is InChI=1S/C19H16BrClN2O4S/c1-3-26-16-12(20)8-11(21)9-13(16)22-19(25)17-10(2)7-15(28-17)23-18(24)14-5-4-6-27-14/h4-9H,3H2,1-2H3,(H,22,25)(H,23,24). The second-order valence-corrected chi connectivity index (χ2v) is 8.05. The molecule has 3 rings (SSSR count). The molecule has 2 aromatic heterocycles. The number of anilines is 2. The first-order chi connectivity index (χ1) is 13.4. The highest BCUT2D eigenvalue weighted by Crippen LogP contribution is 2.37. The number of furan rings is 1. The zero-order valence-electron chi connectivity index (χ0n) is 15.0. The van der Waals surface area contributed by atoms with Crippen molar-refractivity contribution in [3.05, 3.63) is 62.3 Å². The van der Waals surface area contributed by atoms with Gasteiger partial charge in [-0.05, 0) is 65.7 Å². The van der Waals surface area contributed by atoms with Crippen LogP contribution in [0.2, 0.25) is 5.02 Å². The second kappa shape index (κ2) is 8.81. The summed E-state index contributed by atoms with van der Waals surface area (Å²) in [6.45, 7) is 4.08. The first-order valence-corrected chi connectivity index (χ1v) is 10.3. The minimum atomic E-state index is -0.379. The number of rotatable bonds is 6. The van der Waals surface area contributed by atoms with Gasteiger partial charge in [-0.3, -0.25) is 9.59 Å². The van der Waals surface area contributed by atoms with Gasteiger partial charge in [-0.15, -0.1) is 11.3 Å². The van der Waals surface area contributed by atoms with Gasteiger partial charge in [-0.1, -0.05) is 11.6 Å². The monoisotopic (exact) mass is 482 g/mol. The Kier molecular flexibility index (Phi) is 6.43. The van der Waals surface area contributed by atoms with Gasteiger partial charge in [-0.2, -0.15) is 0 Å². The third-order valence-corrected chi connectivity index (χ3v) is 5.61. The van der Waals surface area contributed by atoms with Gasteiger partial charge in [0.05, 0.1) is 32.9 Å². The number of carbonyl (C=O) groups is 2. The maximum absolute atomic E-state index is 12.8. The van der Waals surface area contributed by atoms with Crippen LogP contribution in [0.25, 0.3) is 0 Å². The molecule has 0 saturated heterocycles. The third-order valence-electron chi connectivity index (χ3n) is 3.65. The fourth-order valence-electron chi connectivity index (χ4n) is 2.47. The predicted octanol–water partition coefficient (Wildman–Crippen LogP) is 5.97. The molecule has 0 aliphatic rings. The van der Waals surface area contributed by atoms with Gasteiger partial charge in [0.25, 0.3) is 11.8 Å². The summed E-state index contributed by atoms with van der Waals surface area (Å²) in [6.07, 6.45) is 1.42. The summed E-state index contributed by atoms with van der Waals surface area (Å²) >= 11 is 10.7. The van der Waals surface area contributed by atoms with Crippen molar-refractivity contribution in [2.24, 2.45) is 0 Å². The van der Waals surface area contributed by atoms with Gasteiger partial charge in [0.2, 0.25) is 0 Å². The van der Waals surface area contributed by atoms with Gasteiger partial charge in [0.1, 0.15) is 0 Å². The number of hydrogen-bond donors (Lipinski definition) is 2. The number of thiophene rings is 1. The average molecular weight is 484 g/mol. The molecular formula is C19H16BrClN2O4S. The molecule has 3 aromatic rings. The van der Waals surface area contributed by atoms with Crippen molar-refractivity contribution in [2.45, 2.75) is 13.8 Å². The normalized spacial score (nSPS) is 10.6. The number of carbonyl (C=O) groups excluding carboxylic acids is 2. The molecule has 0 fully saturated rings. The number of nitrogens with one attached hydrogen (secondary N) is 2. The van der Waals surface area contributed by atoms with Crippen molar-refractivity contribution in [2.75, 3.05) is 17.2 Å². The number of halogens is 2. The summed E-state index contributed by atoms with van der Waals surface area (Å²) in [5.41, 5.74) is 1.19. The van der Waals surface area contributed by atoms with Gasteiger partial charge < -0.3 is 19.8 Å².